The summed E-state index contributed by atoms with van der Waals surface area (Å²) in [5.41, 5.74) is 7.21. The fourth-order valence-corrected chi connectivity index (χ4v) is 4.62. The van der Waals surface area contributed by atoms with Gasteiger partial charge in [0.05, 0.1) is 17.5 Å². The molecule has 29 heavy (non-hydrogen) atoms. The van der Waals surface area contributed by atoms with Gasteiger partial charge in [-0.15, -0.1) is 24.8 Å². The number of nitrogens with two attached hydrogens (primary N) is 1. The third kappa shape index (κ3) is 4.48. The van der Waals surface area contributed by atoms with Crippen molar-refractivity contribution in [1.82, 2.24) is 4.90 Å². The quantitative estimate of drug-likeness (QED) is 0.650. The molecule has 0 radical (unpaired) electrons. The van der Waals surface area contributed by atoms with Crippen molar-refractivity contribution >= 4 is 48.0 Å². The number of ether oxygens (including phenoxy) is 1. The third-order valence-corrected chi connectivity index (χ3v) is 6.41. The van der Waals surface area contributed by atoms with Gasteiger partial charge in [-0.2, -0.15) is 0 Å². The summed E-state index contributed by atoms with van der Waals surface area (Å²) < 4.78 is 5.45. The number of methoxy groups -OCH3 is 1. The number of anilines is 2. The molecule has 1 saturated heterocycles. The normalized spacial score (nSPS) is 27.6. The van der Waals surface area contributed by atoms with Crippen LogP contribution in [-0.4, -0.2) is 54.6 Å². The molecule has 0 bridgehead atoms. The number of rotatable bonds is 2. The first-order valence-corrected chi connectivity index (χ1v) is 9.78. The van der Waals surface area contributed by atoms with Crippen LogP contribution in [0.4, 0.5) is 11.4 Å². The molecule has 1 saturated carbocycles. The number of carbonyl (C=O) groups is 2. The predicted molar refractivity (Wildman–Crippen MR) is 118 cm³/mol. The van der Waals surface area contributed by atoms with Crippen molar-refractivity contribution in [3.8, 4) is 0 Å². The molecule has 1 aromatic carbocycles. The van der Waals surface area contributed by atoms with Crippen LogP contribution >= 0.6 is 24.8 Å². The lowest BCUT2D eigenvalue weighted by atomic mass is 9.81. The van der Waals surface area contributed by atoms with E-state index in [0.29, 0.717) is 32.4 Å². The van der Waals surface area contributed by atoms with Crippen LogP contribution in [-0.2, 0) is 14.3 Å². The Balaban J connectivity index is 0.00000150. The van der Waals surface area contributed by atoms with Gasteiger partial charge < -0.3 is 26.0 Å². The van der Waals surface area contributed by atoms with Crippen LogP contribution in [0.3, 0.4) is 0 Å². The van der Waals surface area contributed by atoms with Gasteiger partial charge in [0.25, 0.3) is 0 Å². The highest BCUT2D eigenvalue weighted by atomic mass is 35.5. The summed E-state index contributed by atoms with van der Waals surface area (Å²) in [6.45, 7) is 1.17. The molecular formula is C20H30Cl2N4O3. The molecule has 3 aliphatic rings. The zero-order chi connectivity index (χ0) is 19.0. The van der Waals surface area contributed by atoms with Crippen LogP contribution in [0.5, 0.6) is 0 Å². The molecule has 9 heteroatoms. The number of amides is 2. The minimum atomic E-state index is -0.630. The van der Waals surface area contributed by atoms with Gasteiger partial charge in [0, 0.05) is 32.2 Å². The van der Waals surface area contributed by atoms with Gasteiger partial charge in [0.1, 0.15) is 5.54 Å². The maximum Gasteiger partial charge on any atom is 0.250 e. The number of piperidine rings is 1. The molecule has 1 spiro atoms. The first-order valence-electron chi connectivity index (χ1n) is 9.78. The van der Waals surface area contributed by atoms with Crippen LogP contribution in [0.25, 0.3) is 0 Å². The highest BCUT2D eigenvalue weighted by Gasteiger charge is 2.46. The van der Waals surface area contributed by atoms with Crippen LogP contribution in [0.15, 0.2) is 24.3 Å². The average molecular weight is 445 g/mol. The van der Waals surface area contributed by atoms with E-state index in [1.807, 2.05) is 29.2 Å². The summed E-state index contributed by atoms with van der Waals surface area (Å²) in [6, 6.07) is 7.74. The van der Waals surface area contributed by atoms with Crippen LogP contribution < -0.4 is 16.4 Å². The van der Waals surface area contributed by atoms with E-state index in [1.54, 1.807) is 7.11 Å². The monoisotopic (exact) mass is 444 g/mol. The van der Waals surface area contributed by atoms with Crippen molar-refractivity contribution in [3.05, 3.63) is 24.3 Å². The van der Waals surface area contributed by atoms with Gasteiger partial charge in [0.2, 0.25) is 11.8 Å². The Kier molecular flexibility index (Phi) is 7.79. The number of benzene rings is 1. The van der Waals surface area contributed by atoms with Gasteiger partial charge in [-0.1, -0.05) is 12.1 Å². The summed E-state index contributed by atoms with van der Waals surface area (Å²) in [7, 11) is 1.66. The molecule has 3 atom stereocenters. The Morgan fingerprint density at radius 3 is 2.48 bits per heavy atom. The molecule has 7 nitrogen and oxygen atoms in total. The average Bonchev–Trinajstić information content (AvgIpc) is 2.69. The van der Waals surface area contributed by atoms with Crippen molar-refractivity contribution < 1.29 is 14.3 Å². The van der Waals surface area contributed by atoms with E-state index < -0.39 is 5.54 Å². The maximum atomic E-state index is 13.0. The smallest absolute Gasteiger partial charge is 0.250 e. The number of halogens is 2. The summed E-state index contributed by atoms with van der Waals surface area (Å²) in [5, 5.41) is 6.45. The summed E-state index contributed by atoms with van der Waals surface area (Å²) in [4.78, 5) is 27.6. The first kappa shape index (κ1) is 23.7. The van der Waals surface area contributed by atoms with E-state index in [-0.39, 0.29) is 54.7 Å². The topological polar surface area (TPSA) is 96.7 Å². The Morgan fingerprint density at radius 1 is 1.17 bits per heavy atom. The molecule has 4 rings (SSSR count). The molecule has 0 unspecified atom stereocenters. The van der Waals surface area contributed by atoms with Gasteiger partial charge in [-0.25, -0.2) is 0 Å². The molecule has 0 aromatic heterocycles. The molecule has 2 amide bonds. The summed E-state index contributed by atoms with van der Waals surface area (Å²) in [5.74, 6) is 0.143. The van der Waals surface area contributed by atoms with Gasteiger partial charge >= 0.3 is 0 Å². The van der Waals surface area contributed by atoms with Crippen LogP contribution in [0.2, 0.25) is 0 Å². The lowest BCUT2D eigenvalue weighted by Crippen LogP contribution is -2.59. The second-order valence-electron chi connectivity index (χ2n) is 7.98. The molecule has 1 aromatic rings. The van der Waals surface area contributed by atoms with E-state index in [2.05, 4.69) is 10.6 Å². The minimum Gasteiger partial charge on any atom is -0.380 e. The van der Waals surface area contributed by atoms with E-state index in [9.17, 15) is 9.59 Å². The van der Waals surface area contributed by atoms with Gasteiger partial charge in [0.15, 0.2) is 0 Å². The fourth-order valence-electron chi connectivity index (χ4n) is 4.62. The number of para-hydroxylation sites is 2. The predicted octanol–water partition coefficient (Wildman–Crippen LogP) is 2.40. The Morgan fingerprint density at radius 2 is 1.83 bits per heavy atom. The third-order valence-electron chi connectivity index (χ3n) is 6.41. The second kappa shape index (κ2) is 9.51. The number of nitrogens with one attached hydrogen (secondary N) is 2. The van der Waals surface area contributed by atoms with Crippen LogP contribution in [0, 0.1) is 5.92 Å². The second-order valence-corrected chi connectivity index (χ2v) is 7.98. The molecule has 1 aliphatic carbocycles. The highest BCUT2D eigenvalue weighted by molar-refractivity contribution is 6.06. The van der Waals surface area contributed by atoms with Crippen molar-refractivity contribution in [3.63, 3.8) is 0 Å². The molecule has 4 N–H and O–H groups in total. The van der Waals surface area contributed by atoms with Gasteiger partial charge in [-0.05, 0) is 44.2 Å². The Hall–Kier alpha value is -1.54. The highest BCUT2D eigenvalue weighted by Crippen LogP contribution is 2.37. The van der Waals surface area contributed by atoms with E-state index in [1.165, 1.54) is 0 Å². The molecule has 162 valence electrons. The summed E-state index contributed by atoms with van der Waals surface area (Å²) >= 11 is 0. The van der Waals surface area contributed by atoms with Crippen molar-refractivity contribution in [2.75, 3.05) is 30.8 Å². The Labute approximate surface area is 183 Å². The number of carbonyl (C=O) groups excluding carboxylic acids is 2. The SMILES string of the molecule is CO[C@H]1C[C@@H](C(=O)N2CCC3(CC2)Nc2ccccc2NC3=O)CC[C@@H]1N.Cl.Cl. The van der Waals surface area contributed by atoms with Gasteiger partial charge in [-0.3, -0.25) is 9.59 Å². The van der Waals surface area contributed by atoms with E-state index >= 15 is 0 Å². The Bertz CT molecular complexity index is 740. The van der Waals surface area contributed by atoms with Crippen LogP contribution in [0.1, 0.15) is 32.1 Å². The number of hydrogen-bond acceptors (Lipinski definition) is 5. The molecule has 2 fully saturated rings. The lowest BCUT2D eigenvalue weighted by molar-refractivity contribution is -0.141. The molecule has 2 heterocycles. The number of nitrogens with zero attached hydrogens (tertiary/aromatic N) is 1. The van der Waals surface area contributed by atoms with E-state index in [0.717, 1.165) is 24.2 Å². The fraction of sp³-hybridized carbons (Fsp3) is 0.600. The lowest BCUT2D eigenvalue weighted by Gasteiger charge is -2.45. The number of likely N-dealkylation sites (tertiary alicyclic amines) is 1. The molecule has 2 aliphatic heterocycles. The van der Waals surface area contributed by atoms with E-state index in [4.69, 9.17) is 10.5 Å². The zero-order valence-electron chi connectivity index (χ0n) is 16.6. The largest absolute Gasteiger partial charge is 0.380 e. The number of fused-ring (bicyclic) bond motifs is 1. The van der Waals surface area contributed by atoms with Crippen molar-refractivity contribution in [1.29, 1.82) is 0 Å². The first-order chi connectivity index (χ1) is 13.0. The van der Waals surface area contributed by atoms with Crippen molar-refractivity contribution in [2.45, 2.75) is 49.8 Å². The number of hydrogen-bond donors (Lipinski definition) is 3. The summed E-state index contributed by atoms with van der Waals surface area (Å²) in [6.07, 6.45) is 3.48. The molecular weight excluding hydrogens is 415 g/mol. The minimum absolute atomic E-state index is 0. The maximum absolute atomic E-state index is 13.0. The van der Waals surface area contributed by atoms with Crippen molar-refractivity contribution in [2.24, 2.45) is 11.7 Å². The standard InChI is InChI=1S/C20H28N4O3.2ClH/c1-27-17-12-13(6-7-14(17)21)18(25)24-10-8-20(9-11-24)19(26)22-15-4-2-3-5-16(15)23-20;;/h2-5,13-14,17,23H,6-12,21H2,1H3,(H,22,26);2*1H/t13-,14-,17-;;/m0../s1. The zero-order valence-corrected chi connectivity index (χ0v) is 18.2.